The number of aromatic carboxylic acids is 1. The molecule has 0 atom stereocenters. The summed E-state index contributed by atoms with van der Waals surface area (Å²) < 4.78 is 1.54. The average molecular weight is 240 g/mol. The maximum absolute atomic E-state index is 11.3. The summed E-state index contributed by atoms with van der Waals surface area (Å²) in [5.74, 6) is -1.10. The number of nitrogens with zero attached hydrogens (tertiary/aromatic N) is 2. The molecule has 1 heterocycles. The molecule has 1 aromatic carbocycles. The molecule has 0 aliphatic heterocycles. The third-order valence-corrected chi connectivity index (χ3v) is 2.83. The highest BCUT2D eigenvalue weighted by molar-refractivity contribution is 5.89. The van der Waals surface area contributed by atoms with Gasteiger partial charge >= 0.3 is 5.97 Å². The number of carboxylic acid groups (broad SMARTS) is 1. The summed E-state index contributed by atoms with van der Waals surface area (Å²) >= 11 is 0. The van der Waals surface area contributed by atoms with Crippen LogP contribution in [0.1, 0.15) is 27.2 Å². The fourth-order valence-corrected chi connectivity index (χ4v) is 1.92. The number of rotatable bonds is 2. The molecule has 4 nitrogen and oxygen atoms in total. The molecule has 1 aromatic heterocycles. The molecule has 0 aliphatic rings. The molecule has 1 N–H and O–H groups in total. The first-order chi connectivity index (χ1) is 8.54. The molecule has 90 valence electrons. The number of nitriles is 1. The summed E-state index contributed by atoms with van der Waals surface area (Å²) in [5.41, 5.74) is 2.96. The minimum absolute atomic E-state index is 0.00574. The lowest BCUT2D eigenvalue weighted by Gasteiger charge is -2.10. The summed E-state index contributed by atoms with van der Waals surface area (Å²) in [6.45, 7) is 3.85. The second-order valence-electron chi connectivity index (χ2n) is 4.15. The van der Waals surface area contributed by atoms with Crippen LogP contribution in [0, 0.1) is 25.2 Å². The van der Waals surface area contributed by atoms with Crippen LogP contribution in [-0.4, -0.2) is 15.6 Å². The van der Waals surface area contributed by atoms with Gasteiger partial charge in [0, 0.05) is 11.9 Å². The summed E-state index contributed by atoms with van der Waals surface area (Å²) in [6, 6.07) is 9.22. The molecule has 0 saturated carbocycles. The number of carbonyl (C=O) groups is 1. The highest BCUT2D eigenvalue weighted by Crippen LogP contribution is 2.21. The van der Waals surface area contributed by atoms with Crippen LogP contribution in [-0.2, 0) is 0 Å². The van der Waals surface area contributed by atoms with Crippen molar-refractivity contribution in [3.8, 4) is 11.8 Å². The molecule has 4 heteroatoms. The maximum atomic E-state index is 11.3. The normalized spacial score (nSPS) is 10.1. The summed E-state index contributed by atoms with van der Waals surface area (Å²) in [5, 5.41) is 18.1. The number of carboxylic acids is 1. The Kier molecular flexibility index (Phi) is 2.90. The third kappa shape index (κ3) is 1.87. The molecule has 2 aromatic rings. The highest BCUT2D eigenvalue weighted by Gasteiger charge is 2.18. The van der Waals surface area contributed by atoms with Gasteiger partial charge in [-0.3, -0.25) is 0 Å². The molecule has 0 fully saturated rings. The van der Waals surface area contributed by atoms with Crippen molar-refractivity contribution in [2.75, 3.05) is 0 Å². The Balaban J connectivity index is 2.72. The van der Waals surface area contributed by atoms with E-state index in [0.717, 1.165) is 16.8 Å². The van der Waals surface area contributed by atoms with Crippen LogP contribution in [0.3, 0.4) is 0 Å². The molecule has 0 radical (unpaired) electrons. The zero-order valence-corrected chi connectivity index (χ0v) is 10.1. The van der Waals surface area contributed by atoms with Crippen molar-refractivity contribution >= 4 is 5.97 Å². The van der Waals surface area contributed by atoms with Crippen molar-refractivity contribution in [3.05, 3.63) is 52.8 Å². The van der Waals surface area contributed by atoms with Gasteiger partial charge < -0.3 is 9.67 Å². The molecule has 0 aliphatic carbocycles. The van der Waals surface area contributed by atoms with Crippen LogP contribution in [0.2, 0.25) is 0 Å². The van der Waals surface area contributed by atoms with Gasteiger partial charge in [0.15, 0.2) is 0 Å². The Hall–Kier alpha value is -2.54. The van der Waals surface area contributed by atoms with Crippen LogP contribution < -0.4 is 0 Å². The first-order valence-corrected chi connectivity index (χ1v) is 5.47. The first kappa shape index (κ1) is 11.9. The lowest BCUT2D eigenvalue weighted by Crippen LogP contribution is -2.08. The Labute approximate surface area is 105 Å². The van der Waals surface area contributed by atoms with Gasteiger partial charge in [0.1, 0.15) is 11.8 Å². The Morgan fingerprint density at radius 3 is 2.67 bits per heavy atom. The van der Waals surface area contributed by atoms with Crippen molar-refractivity contribution < 1.29 is 9.90 Å². The van der Waals surface area contributed by atoms with Crippen molar-refractivity contribution in [2.45, 2.75) is 13.8 Å². The molecule has 0 bridgehead atoms. The van der Waals surface area contributed by atoms with E-state index in [1.165, 1.54) is 6.07 Å². The van der Waals surface area contributed by atoms with E-state index >= 15 is 0 Å². The number of benzene rings is 1. The van der Waals surface area contributed by atoms with E-state index in [4.69, 9.17) is 5.26 Å². The van der Waals surface area contributed by atoms with E-state index in [1.807, 2.05) is 38.1 Å². The Morgan fingerprint density at radius 2 is 2.06 bits per heavy atom. The topological polar surface area (TPSA) is 66.0 Å². The van der Waals surface area contributed by atoms with E-state index in [1.54, 1.807) is 10.8 Å². The second-order valence-corrected chi connectivity index (χ2v) is 4.15. The smallest absolute Gasteiger partial charge is 0.354 e. The average Bonchev–Trinajstić information content (AvgIpc) is 2.75. The van der Waals surface area contributed by atoms with Gasteiger partial charge in [0.25, 0.3) is 0 Å². The lowest BCUT2D eigenvalue weighted by molar-refractivity contribution is 0.0688. The molecular formula is C14H12N2O2. The number of hydrogen-bond acceptors (Lipinski definition) is 2. The van der Waals surface area contributed by atoms with Gasteiger partial charge in [-0.15, -0.1) is 0 Å². The molecule has 0 amide bonds. The van der Waals surface area contributed by atoms with Gasteiger partial charge in [0.2, 0.25) is 0 Å². The van der Waals surface area contributed by atoms with E-state index in [0.29, 0.717) is 0 Å². The summed E-state index contributed by atoms with van der Waals surface area (Å²) in [4.78, 5) is 11.3. The second kappa shape index (κ2) is 4.38. The first-order valence-electron chi connectivity index (χ1n) is 5.47. The van der Waals surface area contributed by atoms with E-state index in [-0.39, 0.29) is 11.3 Å². The standard InChI is InChI=1S/C14H12N2O2/c1-9-3-4-10(2)12(7-9)16-6-5-11(8-15)13(16)14(17)18/h3-7H,1-2H3,(H,17,18). The Bertz CT molecular complexity index is 663. The van der Waals surface area contributed by atoms with E-state index in [2.05, 4.69) is 0 Å². The third-order valence-electron chi connectivity index (χ3n) is 2.83. The molecule has 0 saturated heterocycles. The van der Waals surface area contributed by atoms with Crippen molar-refractivity contribution in [3.63, 3.8) is 0 Å². The van der Waals surface area contributed by atoms with Crippen LogP contribution >= 0.6 is 0 Å². The summed E-state index contributed by atoms with van der Waals surface area (Å²) in [7, 11) is 0. The number of aromatic nitrogens is 1. The fraction of sp³-hybridized carbons (Fsp3) is 0.143. The molecule has 18 heavy (non-hydrogen) atoms. The number of hydrogen-bond donors (Lipinski definition) is 1. The van der Waals surface area contributed by atoms with Crippen LogP contribution in [0.4, 0.5) is 0 Å². The zero-order chi connectivity index (χ0) is 13.3. The van der Waals surface area contributed by atoms with Crippen LogP contribution in [0.15, 0.2) is 30.5 Å². The molecule has 0 unspecified atom stereocenters. The predicted octanol–water partition coefficient (Wildman–Crippen LogP) is 2.66. The van der Waals surface area contributed by atoms with Gasteiger partial charge in [-0.1, -0.05) is 12.1 Å². The maximum Gasteiger partial charge on any atom is 0.354 e. The van der Waals surface area contributed by atoms with Crippen LogP contribution in [0.5, 0.6) is 0 Å². The molecule has 0 spiro atoms. The molecule has 2 rings (SSSR count). The quantitative estimate of drug-likeness (QED) is 0.877. The van der Waals surface area contributed by atoms with Gasteiger partial charge in [-0.2, -0.15) is 5.26 Å². The summed E-state index contributed by atoms with van der Waals surface area (Å²) in [6.07, 6.45) is 1.61. The van der Waals surface area contributed by atoms with E-state index < -0.39 is 5.97 Å². The highest BCUT2D eigenvalue weighted by atomic mass is 16.4. The van der Waals surface area contributed by atoms with Crippen LogP contribution in [0.25, 0.3) is 5.69 Å². The van der Waals surface area contributed by atoms with Gasteiger partial charge in [-0.05, 0) is 37.1 Å². The van der Waals surface area contributed by atoms with Gasteiger partial charge in [-0.25, -0.2) is 4.79 Å². The largest absolute Gasteiger partial charge is 0.477 e. The van der Waals surface area contributed by atoms with Crippen molar-refractivity contribution in [1.82, 2.24) is 4.57 Å². The minimum Gasteiger partial charge on any atom is -0.477 e. The molecular weight excluding hydrogens is 228 g/mol. The monoisotopic (exact) mass is 240 g/mol. The lowest BCUT2D eigenvalue weighted by atomic mass is 10.1. The minimum atomic E-state index is -1.10. The SMILES string of the molecule is Cc1ccc(C)c(-n2ccc(C#N)c2C(=O)O)c1. The van der Waals surface area contributed by atoms with Crippen molar-refractivity contribution in [1.29, 1.82) is 5.26 Å². The van der Waals surface area contributed by atoms with Gasteiger partial charge in [0.05, 0.1) is 5.56 Å². The zero-order valence-electron chi connectivity index (χ0n) is 10.1. The Morgan fingerprint density at radius 1 is 1.33 bits per heavy atom. The fourth-order valence-electron chi connectivity index (χ4n) is 1.92. The van der Waals surface area contributed by atoms with Crippen molar-refractivity contribution in [2.24, 2.45) is 0 Å². The number of aryl methyl sites for hydroxylation is 2. The predicted molar refractivity (Wildman–Crippen MR) is 66.9 cm³/mol. The van der Waals surface area contributed by atoms with E-state index in [9.17, 15) is 9.90 Å².